The molecule has 4 heteroatoms. The van der Waals surface area contributed by atoms with Crippen LogP contribution >= 0.6 is 23.2 Å². The average Bonchev–Trinajstić information content (AvgIpc) is 2.04. The number of alkyl halides is 1. The molecular weight excluding hydrogens is 209 g/mol. The highest BCUT2D eigenvalue weighted by atomic mass is 35.5. The molecule has 0 amide bonds. The first kappa shape index (κ1) is 11.3. The lowest BCUT2D eigenvalue weighted by Crippen LogP contribution is -2.46. The van der Waals surface area contributed by atoms with Crippen LogP contribution in [0, 0.1) is 0 Å². The predicted molar refractivity (Wildman–Crippen MR) is 55.4 cm³/mol. The Hall–Kier alpha value is 0.210. The molecule has 1 fully saturated rings. The summed E-state index contributed by atoms with van der Waals surface area (Å²) >= 11 is 11.5. The van der Waals surface area contributed by atoms with Crippen molar-refractivity contribution in [2.45, 2.75) is 37.6 Å². The van der Waals surface area contributed by atoms with Gasteiger partial charge in [0.2, 0.25) is 5.24 Å². The second-order valence-electron chi connectivity index (χ2n) is 3.87. The minimum atomic E-state index is -0.799. The Morgan fingerprint density at radius 2 is 1.85 bits per heavy atom. The maximum absolute atomic E-state index is 11.0. The van der Waals surface area contributed by atoms with Crippen LogP contribution in [0.1, 0.15) is 26.7 Å². The molecule has 0 spiro atoms. The summed E-state index contributed by atoms with van der Waals surface area (Å²) in [7, 11) is 0. The van der Waals surface area contributed by atoms with Crippen molar-refractivity contribution >= 4 is 28.4 Å². The summed E-state index contributed by atoms with van der Waals surface area (Å²) in [6.07, 6.45) is 1.32. The van der Waals surface area contributed by atoms with Crippen molar-refractivity contribution in [1.29, 1.82) is 0 Å². The molecule has 1 saturated heterocycles. The van der Waals surface area contributed by atoms with Crippen LogP contribution in [0.15, 0.2) is 0 Å². The molecule has 1 aliphatic rings. The Kier molecular flexibility index (Phi) is 3.61. The maximum Gasteiger partial charge on any atom is 0.242 e. The lowest BCUT2D eigenvalue weighted by atomic mass is 9.96. The second kappa shape index (κ2) is 4.16. The highest BCUT2D eigenvalue weighted by molar-refractivity contribution is 6.70. The van der Waals surface area contributed by atoms with Crippen molar-refractivity contribution < 1.29 is 4.79 Å². The number of hydrogen-bond donors (Lipinski definition) is 0. The second-order valence-corrected chi connectivity index (χ2v) is 4.94. The van der Waals surface area contributed by atoms with Gasteiger partial charge in [-0.2, -0.15) is 0 Å². The average molecular weight is 224 g/mol. The summed E-state index contributed by atoms with van der Waals surface area (Å²) in [5.41, 5.74) is 0. The van der Waals surface area contributed by atoms with Gasteiger partial charge >= 0.3 is 0 Å². The van der Waals surface area contributed by atoms with Gasteiger partial charge < -0.3 is 4.90 Å². The van der Waals surface area contributed by atoms with Crippen molar-refractivity contribution in [2.24, 2.45) is 0 Å². The molecule has 0 aromatic carbocycles. The van der Waals surface area contributed by atoms with Crippen LogP contribution in [0.2, 0.25) is 0 Å². The van der Waals surface area contributed by atoms with Gasteiger partial charge in [-0.05, 0) is 38.3 Å². The molecule has 0 saturated carbocycles. The van der Waals surface area contributed by atoms with Crippen LogP contribution in [-0.2, 0) is 4.79 Å². The molecule has 0 aromatic rings. The summed E-state index contributed by atoms with van der Waals surface area (Å²) in [5.74, 6) is 0. The molecule has 2 nitrogen and oxygen atoms in total. The molecule has 0 aliphatic carbocycles. The van der Waals surface area contributed by atoms with Crippen molar-refractivity contribution in [1.82, 2.24) is 4.90 Å². The minimum absolute atomic E-state index is 0.405. The molecule has 1 aliphatic heterocycles. The zero-order chi connectivity index (χ0) is 10.1. The van der Waals surface area contributed by atoms with Crippen molar-refractivity contribution in [2.75, 3.05) is 13.1 Å². The zero-order valence-corrected chi connectivity index (χ0v) is 9.53. The van der Waals surface area contributed by atoms with Crippen molar-refractivity contribution in [3.63, 3.8) is 0 Å². The van der Waals surface area contributed by atoms with E-state index in [9.17, 15) is 4.79 Å². The van der Waals surface area contributed by atoms with E-state index in [1.54, 1.807) is 0 Å². The van der Waals surface area contributed by atoms with Gasteiger partial charge in [-0.1, -0.05) is 0 Å². The number of hydrogen-bond acceptors (Lipinski definition) is 2. The lowest BCUT2D eigenvalue weighted by Gasteiger charge is -2.37. The van der Waals surface area contributed by atoms with Crippen molar-refractivity contribution in [3.8, 4) is 0 Å². The first-order chi connectivity index (χ1) is 5.96. The van der Waals surface area contributed by atoms with Gasteiger partial charge in [-0.15, -0.1) is 11.6 Å². The number of nitrogens with zero attached hydrogens (tertiary/aromatic N) is 1. The molecule has 0 unspecified atom stereocenters. The topological polar surface area (TPSA) is 20.3 Å². The molecular formula is C9H15Cl2NO. The SMILES string of the molecule is CC(C)N1CCC(Cl)(C(=O)Cl)CC1. The van der Waals surface area contributed by atoms with Gasteiger partial charge in [0.25, 0.3) is 0 Å². The van der Waals surface area contributed by atoms with E-state index in [0.717, 1.165) is 13.1 Å². The lowest BCUT2D eigenvalue weighted by molar-refractivity contribution is -0.115. The van der Waals surface area contributed by atoms with E-state index in [0.29, 0.717) is 18.9 Å². The molecule has 0 bridgehead atoms. The van der Waals surface area contributed by atoms with E-state index in [-0.39, 0.29) is 0 Å². The zero-order valence-electron chi connectivity index (χ0n) is 8.02. The Labute approximate surface area is 89.2 Å². The van der Waals surface area contributed by atoms with E-state index < -0.39 is 10.1 Å². The minimum Gasteiger partial charge on any atom is -0.301 e. The van der Waals surface area contributed by atoms with Gasteiger partial charge in [0.15, 0.2) is 0 Å². The fraction of sp³-hybridized carbons (Fsp3) is 0.889. The van der Waals surface area contributed by atoms with Crippen LogP contribution in [0.3, 0.4) is 0 Å². The van der Waals surface area contributed by atoms with E-state index in [2.05, 4.69) is 18.7 Å². The molecule has 13 heavy (non-hydrogen) atoms. The highest BCUT2D eigenvalue weighted by Gasteiger charge is 2.38. The van der Waals surface area contributed by atoms with Gasteiger partial charge in [0.1, 0.15) is 4.87 Å². The monoisotopic (exact) mass is 223 g/mol. The predicted octanol–water partition coefficient (Wildman–Crippen LogP) is 2.23. The summed E-state index contributed by atoms with van der Waals surface area (Å²) in [4.78, 5) is 12.5. The number of halogens is 2. The van der Waals surface area contributed by atoms with Crippen LogP contribution in [-0.4, -0.2) is 34.1 Å². The highest BCUT2D eigenvalue weighted by Crippen LogP contribution is 2.32. The number of carbonyl (C=O) groups excluding carboxylic acids is 1. The third-order valence-corrected chi connectivity index (χ3v) is 3.68. The van der Waals surface area contributed by atoms with Crippen LogP contribution in [0.25, 0.3) is 0 Å². The Bertz CT molecular complexity index is 198. The fourth-order valence-electron chi connectivity index (χ4n) is 1.59. The number of rotatable bonds is 2. The Morgan fingerprint density at radius 1 is 1.38 bits per heavy atom. The molecule has 0 radical (unpaired) electrons. The maximum atomic E-state index is 11.0. The van der Waals surface area contributed by atoms with E-state index in [1.165, 1.54) is 0 Å². The van der Waals surface area contributed by atoms with E-state index in [1.807, 2.05) is 0 Å². The van der Waals surface area contributed by atoms with Gasteiger partial charge in [-0.3, -0.25) is 4.79 Å². The largest absolute Gasteiger partial charge is 0.301 e. The van der Waals surface area contributed by atoms with Gasteiger partial charge in [-0.25, -0.2) is 0 Å². The Balaban J connectivity index is 2.51. The molecule has 1 heterocycles. The summed E-state index contributed by atoms with van der Waals surface area (Å²) < 4.78 is 0. The number of piperidine rings is 1. The third kappa shape index (κ3) is 2.58. The summed E-state index contributed by atoms with van der Waals surface area (Å²) in [6.45, 7) is 6.01. The quantitative estimate of drug-likeness (QED) is 0.529. The van der Waals surface area contributed by atoms with Crippen LogP contribution in [0.5, 0.6) is 0 Å². The van der Waals surface area contributed by atoms with Crippen molar-refractivity contribution in [3.05, 3.63) is 0 Å². The third-order valence-electron chi connectivity index (χ3n) is 2.67. The molecule has 0 N–H and O–H groups in total. The Morgan fingerprint density at radius 3 is 2.15 bits per heavy atom. The number of likely N-dealkylation sites (tertiary alicyclic amines) is 1. The smallest absolute Gasteiger partial charge is 0.242 e. The first-order valence-corrected chi connectivity index (χ1v) is 5.34. The number of carbonyl (C=O) groups is 1. The standard InChI is InChI=1S/C9H15Cl2NO/c1-7(2)12-5-3-9(11,4-6-12)8(10)13/h7H,3-6H2,1-2H3. The van der Waals surface area contributed by atoms with Gasteiger partial charge in [0, 0.05) is 19.1 Å². The van der Waals surface area contributed by atoms with E-state index >= 15 is 0 Å². The molecule has 1 rings (SSSR count). The van der Waals surface area contributed by atoms with E-state index in [4.69, 9.17) is 23.2 Å². The molecule has 0 aromatic heterocycles. The van der Waals surface area contributed by atoms with Crippen LogP contribution < -0.4 is 0 Å². The fourth-order valence-corrected chi connectivity index (χ4v) is 1.95. The summed E-state index contributed by atoms with van der Waals surface area (Å²) in [6, 6.07) is 0.520. The summed E-state index contributed by atoms with van der Waals surface area (Å²) in [5, 5.41) is -0.405. The van der Waals surface area contributed by atoms with Crippen LogP contribution in [0.4, 0.5) is 0 Å². The molecule has 0 atom stereocenters. The normalized spacial score (nSPS) is 23.5. The molecule has 76 valence electrons. The first-order valence-electron chi connectivity index (χ1n) is 4.58. The van der Waals surface area contributed by atoms with Gasteiger partial charge in [0.05, 0.1) is 0 Å².